The standard InChI is InChI=1S/C17H19BrFN/c1-4-20-17(13-9-8-11(2)10-12(13)3)16-14(18)6-5-7-15(16)19/h5-10,17,20H,4H2,1-3H3. The average Bonchev–Trinajstić information content (AvgIpc) is 2.38. The summed E-state index contributed by atoms with van der Waals surface area (Å²) < 4.78 is 15.0. The fourth-order valence-corrected chi connectivity index (χ4v) is 3.08. The molecule has 106 valence electrons. The maximum Gasteiger partial charge on any atom is 0.129 e. The van der Waals surface area contributed by atoms with Crippen molar-refractivity contribution in [3.05, 3.63) is 68.9 Å². The molecule has 0 heterocycles. The van der Waals surface area contributed by atoms with Crippen molar-refractivity contribution in [2.24, 2.45) is 0 Å². The van der Waals surface area contributed by atoms with Crippen LogP contribution in [0.25, 0.3) is 0 Å². The third-order valence-electron chi connectivity index (χ3n) is 3.43. The number of halogens is 2. The number of rotatable bonds is 4. The Morgan fingerprint density at radius 3 is 2.55 bits per heavy atom. The first-order chi connectivity index (χ1) is 9.54. The fourth-order valence-electron chi connectivity index (χ4n) is 2.51. The topological polar surface area (TPSA) is 12.0 Å². The largest absolute Gasteiger partial charge is 0.306 e. The molecule has 2 aromatic rings. The van der Waals surface area contributed by atoms with Gasteiger partial charge >= 0.3 is 0 Å². The van der Waals surface area contributed by atoms with Crippen LogP contribution in [0.3, 0.4) is 0 Å². The molecule has 0 spiro atoms. The Kier molecular flexibility index (Phi) is 4.95. The number of nitrogens with one attached hydrogen (secondary N) is 1. The van der Waals surface area contributed by atoms with Crippen molar-refractivity contribution >= 4 is 15.9 Å². The molecule has 0 fully saturated rings. The monoisotopic (exact) mass is 335 g/mol. The summed E-state index contributed by atoms with van der Waals surface area (Å²) in [4.78, 5) is 0. The molecule has 1 N–H and O–H groups in total. The molecule has 0 saturated carbocycles. The summed E-state index contributed by atoms with van der Waals surface area (Å²) in [7, 11) is 0. The van der Waals surface area contributed by atoms with Crippen LogP contribution in [0.4, 0.5) is 4.39 Å². The zero-order valence-electron chi connectivity index (χ0n) is 12.0. The van der Waals surface area contributed by atoms with Crippen LogP contribution in [0, 0.1) is 19.7 Å². The second-order valence-corrected chi connectivity index (χ2v) is 5.84. The van der Waals surface area contributed by atoms with Gasteiger partial charge in [0.2, 0.25) is 0 Å². The molecule has 2 rings (SSSR count). The van der Waals surface area contributed by atoms with Gasteiger partial charge in [-0.1, -0.05) is 52.7 Å². The van der Waals surface area contributed by atoms with Crippen molar-refractivity contribution in [2.45, 2.75) is 26.8 Å². The molecule has 0 radical (unpaired) electrons. The highest BCUT2D eigenvalue weighted by Crippen LogP contribution is 2.32. The van der Waals surface area contributed by atoms with E-state index in [0.717, 1.165) is 16.6 Å². The van der Waals surface area contributed by atoms with Gasteiger partial charge < -0.3 is 5.32 Å². The molecule has 0 amide bonds. The Hall–Kier alpha value is -1.19. The number of hydrogen-bond acceptors (Lipinski definition) is 1. The summed E-state index contributed by atoms with van der Waals surface area (Å²) in [6.07, 6.45) is 0. The van der Waals surface area contributed by atoms with Crippen molar-refractivity contribution in [1.29, 1.82) is 0 Å². The van der Waals surface area contributed by atoms with Gasteiger partial charge in [0, 0.05) is 10.0 Å². The van der Waals surface area contributed by atoms with Gasteiger partial charge in [-0.25, -0.2) is 4.39 Å². The molecule has 2 aromatic carbocycles. The summed E-state index contributed by atoms with van der Waals surface area (Å²) in [6, 6.07) is 11.2. The Balaban J connectivity index is 2.56. The Bertz CT molecular complexity index is 590. The van der Waals surface area contributed by atoms with Gasteiger partial charge in [-0.2, -0.15) is 0 Å². The highest BCUT2D eigenvalue weighted by Gasteiger charge is 2.21. The van der Waals surface area contributed by atoms with Crippen LogP contribution < -0.4 is 5.32 Å². The first kappa shape index (κ1) is 15.2. The smallest absolute Gasteiger partial charge is 0.129 e. The van der Waals surface area contributed by atoms with E-state index in [2.05, 4.69) is 53.3 Å². The lowest BCUT2D eigenvalue weighted by Crippen LogP contribution is -2.24. The van der Waals surface area contributed by atoms with Crippen LogP contribution in [0.1, 0.15) is 35.2 Å². The minimum Gasteiger partial charge on any atom is -0.306 e. The second-order valence-electron chi connectivity index (χ2n) is 4.99. The summed E-state index contributed by atoms with van der Waals surface area (Å²) in [6.45, 7) is 6.95. The van der Waals surface area contributed by atoms with E-state index in [1.807, 2.05) is 13.0 Å². The lowest BCUT2D eigenvalue weighted by atomic mass is 9.93. The predicted octanol–water partition coefficient (Wildman–Crippen LogP) is 4.90. The van der Waals surface area contributed by atoms with Crippen molar-refractivity contribution in [3.63, 3.8) is 0 Å². The van der Waals surface area contributed by atoms with Gasteiger partial charge in [0.1, 0.15) is 5.82 Å². The van der Waals surface area contributed by atoms with E-state index in [1.165, 1.54) is 17.2 Å². The van der Waals surface area contributed by atoms with E-state index in [9.17, 15) is 4.39 Å². The fraction of sp³-hybridized carbons (Fsp3) is 0.294. The Morgan fingerprint density at radius 1 is 1.20 bits per heavy atom. The molecule has 0 bridgehead atoms. The first-order valence-electron chi connectivity index (χ1n) is 6.79. The van der Waals surface area contributed by atoms with Crippen LogP contribution in [-0.2, 0) is 0 Å². The predicted molar refractivity (Wildman–Crippen MR) is 85.5 cm³/mol. The highest BCUT2D eigenvalue weighted by molar-refractivity contribution is 9.10. The summed E-state index contributed by atoms with van der Waals surface area (Å²) in [5, 5.41) is 3.39. The van der Waals surface area contributed by atoms with Gasteiger partial charge in [0.05, 0.1) is 6.04 Å². The van der Waals surface area contributed by atoms with Crippen molar-refractivity contribution in [2.75, 3.05) is 6.54 Å². The van der Waals surface area contributed by atoms with Gasteiger partial charge in [-0.15, -0.1) is 0 Å². The molecule has 1 atom stereocenters. The van der Waals surface area contributed by atoms with Crippen LogP contribution in [0.5, 0.6) is 0 Å². The Morgan fingerprint density at radius 2 is 1.95 bits per heavy atom. The molecule has 0 saturated heterocycles. The van der Waals surface area contributed by atoms with Crippen LogP contribution in [0.2, 0.25) is 0 Å². The van der Waals surface area contributed by atoms with E-state index >= 15 is 0 Å². The Labute approximate surface area is 128 Å². The third kappa shape index (κ3) is 3.10. The molecule has 3 heteroatoms. The molecule has 0 aliphatic heterocycles. The molecule has 1 nitrogen and oxygen atoms in total. The van der Waals surface area contributed by atoms with Crippen molar-refractivity contribution in [1.82, 2.24) is 5.32 Å². The van der Waals surface area contributed by atoms with E-state index in [0.29, 0.717) is 5.56 Å². The quantitative estimate of drug-likeness (QED) is 0.837. The minimum atomic E-state index is -0.190. The van der Waals surface area contributed by atoms with E-state index in [1.54, 1.807) is 6.07 Å². The number of benzene rings is 2. The zero-order valence-corrected chi connectivity index (χ0v) is 13.6. The number of aryl methyl sites for hydroxylation is 2. The minimum absolute atomic E-state index is 0.142. The molecule has 0 aromatic heterocycles. The van der Waals surface area contributed by atoms with Crippen LogP contribution in [-0.4, -0.2) is 6.54 Å². The van der Waals surface area contributed by atoms with Crippen LogP contribution in [0.15, 0.2) is 40.9 Å². The van der Waals surface area contributed by atoms with Crippen molar-refractivity contribution in [3.8, 4) is 0 Å². The van der Waals surface area contributed by atoms with Gasteiger partial charge in [0.25, 0.3) is 0 Å². The second kappa shape index (κ2) is 6.51. The third-order valence-corrected chi connectivity index (χ3v) is 4.12. The highest BCUT2D eigenvalue weighted by atomic mass is 79.9. The molecular formula is C17H19BrFN. The summed E-state index contributed by atoms with van der Waals surface area (Å²) >= 11 is 3.47. The molecule has 1 unspecified atom stereocenters. The molecule has 0 aliphatic rings. The normalized spacial score (nSPS) is 12.4. The number of hydrogen-bond donors (Lipinski definition) is 1. The van der Waals surface area contributed by atoms with Gasteiger partial charge in [-0.3, -0.25) is 0 Å². The van der Waals surface area contributed by atoms with E-state index in [4.69, 9.17) is 0 Å². The zero-order chi connectivity index (χ0) is 14.7. The molecule has 20 heavy (non-hydrogen) atoms. The van der Waals surface area contributed by atoms with Gasteiger partial charge in [-0.05, 0) is 43.7 Å². The van der Waals surface area contributed by atoms with Crippen molar-refractivity contribution < 1.29 is 4.39 Å². The maximum absolute atomic E-state index is 14.3. The lowest BCUT2D eigenvalue weighted by molar-refractivity contribution is 0.555. The molecular weight excluding hydrogens is 317 g/mol. The van der Waals surface area contributed by atoms with Gasteiger partial charge in [0.15, 0.2) is 0 Å². The maximum atomic E-state index is 14.3. The SMILES string of the molecule is CCNC(c1ccc(C)cc1C)c1c(F)cccc1Br. The lowest BCUT2D eigenvalue weighted by Gasteiger charge is -2.23. The summed E-state index contributed by atoms with van der Waals surface area (Å²) in [5.41, 5.74) is 4.17. The summed E-state index contributed by atoms with van der Waals surface area (Å²) in [5.74, 6) is -0.190. The van der Waals surface area contributed by atoms with E-state index in [-0.39, 0.29) is 11.9 Å². The van der Waals surface area contributed by atoms with E-state index < -0.39 is 0 Å². The molecule has 0 aliphatic carbocycles. The van der Waals surface area contributed by atoms with Crippen LogP contribution >= 0.6 is 15.9 Å². The first-order valence-corrected chi connectivity index (χ1v) is 7.58. The average molecular weight is 336 g/mol.